The van der Waals surface area contributed by atoms with Crippen molar-refractivity contribution in [1.29, 1.82) is 0 Å². The highest BCUT2D eigenvalue weighted by Gasteiger charge is 2.03. The summed E-state index contributed by atoms with van der Waals surface area (Å²) >= 11 is 4.08. The van der Waals surface area contributed by atoms with Crippen LogP contribution in [0, 0.1) is 0 Å². The fraction of sp³-hybridized carbons (Fsp3) is 1.00. The Hall–Kier alpha value is 1.38. The lowest BCUT2D eigenvalue weighted by Gasteiger charge is -2.12. The van der Waals surface area contributed by atoms with E-state index in [1.807, 2.05) is 36.9 Å². The molecule has 0 saturated heterocycles. The fourth-order valence-electron chi connectivity index (χ4n) is 0.448. The molecular weight excluding hydrogens is 346 g/mol. The maximum atomic E-state index is 5.35. The van der Waals surface area contributed by atoms with Crippen LogP contribution in [0.1, 0.15) is 13.8 Å². The van der Waals surface area contributed by atoms with E-state index in [2.05, 4.69) is 22.6 Å². The zero-order valence-electron chi connectivity index (χ0n) is 5.43. The molecule has 0 spiro atoms. The Bertz CT molecular complexity index is 68.0. The molecule has 0 amide bonds. The van der Waals surface area contributed by atoms with Crippen molar-refractivity contribution in [3.05, 3.63) is 0 Å². The van der Waals surface area contributed by atoms with Crippen LogP contribution in [0.5, 0.6) is 0 Å². The summed E-state index contributed by atoms with van der Waals surface area (Å²) in [5, 5.41) is 0. The molecule has 0 saturated carbocycles. The molecule has 0 aromatic carbocycles. The van der Waals surface area contributed by atoms with Crippen LogP contribution < -0.4 is 0 Å². The minimum atomic E-state index is 0.203. The van der Waals surface area contributed by atoms with Gasteiger partial charge in [0.1, 0.15) is 27.1 Å². The molecule has 0 aromatic rings. The molecular formula is C5H10I2O2. The molecule has 0 fully saturated rings. The fourth-order valence-corrected chi connectivity index (χ4v) is 1.46. The van der Waals surface area contributed by atoms with Gasteiger partial charge in [-0.1, -0.05) is 22.6 Å². The van der Waals surface area contributed by atoms with E-state index in [0.29, 0.717) is 6.61 Å². The Balaban J connectivity index is 3.15. The normalized spacial score (nSPS) is 17.3. The number of alkyl halides is 1. The van der Waals surface area contributed by atoms with Gasteiger partial charge >= 0.3 is 0 Å². The average Bonchev–Trinajstić information content (AvgIpc) is 1.63. The van der Waals surface area contributed by atoms with E-state index < -0.39 is 0 Å². The lowest BCUT2D eigenvalue weighted by molar-refractivity contribution is 0.0419. The Morgan fingerprint density at radius 2 is 2.00 bits per heavy atom. The molecule has 0 bridgehead atoms. The summed E-state index contributed by atoms with van der Waals surface area (Å²) in [5.74, 6) is 0. The molecule has 56 valence electrons. The van der Waals surface area contributed by atoms with Gasteiger partial charge in [0.25, 0.3) is 0 Å². The van der Waals surface area contributed by atoms with E-state index in [1.165, 1.54) is 0 Å². The second-order valence-electron chi connectivity index (χ2n) is 1.77. The molecule has 2 nitrogen and oxygen atoms in total. The monoisotopic (exact) mass is 356 g/mol. The summed E-state index contributed by atoms with van der Waals surface area (Å²) in [7, 11) is 0. The van der Waals surface area contributed by atoms with Gasteiger partial charge in [-0.05, 0) is 13.8 Å². The Morgan fingerprint density at radius 3 is 2.33 bits per heavy atom. The maximum Gasteiger partial charge on any atom is 0.109 e. The molecule has 0 aromatic heterocycles. The van der Waals surface area contributed by atoms with Crippen molar-refractivity contribution >= 4 is 45.6 Å². The summed E-state index contributed by atoms with van der Waals surface area (Å²) < 4.78 is 10.5. The third-order valence-electron chi connectivity index (χ3n) is 0.718. The van der Waals surface area contributed by atoms with Crippen LogP contribution in [0.4, 0.5) is 0 Å². The van der Waals surface area contributed by atoms with E-state index in [-0.39, 0.29) is 10.2 Å². The number of ether oxygens (including phenoxy) is 1. The minimum Gasteiger partial charge on any atom is -0.363 e. The highest BCUT2D eigenvalue weighted by Crippen LogP contribution is 2.05. The first-order valence-electron chi connectivity index (χ1n) is 2.70. The first kappa shape index (κ1) is 10.4. The number of hydrogen-bond donors (Lipinski definition) is 0. The zero-order chi connectivity index (χ0) is 7.28. The Labute approximate surface area is 83.5 Å². The Morgan fingerprint density at radius 1 is 1.44 bits per heavy atom. The molecule has 0 aliphatic heterocycles. The zero-order valence-corrected chi connectivity index (χ0v) is 9.75. The molecule has 9 heavy (non-hydrogen) atoms. The molecule has 0 aliphatic rings. The predicted octanol–water partition coefficient (Wildman–Crippen LogP) is 2.54. The van der Waals surface area contributed by atoms with Gasteiger partial charge in [0, 0.05) is 0 Å². The van der Waals surface area contributed by atoms with Gasteiger partial charge in [0.2, 0.25) is 0 Å². The molecule has 0 heterocycles. The van der Waals surface area contributed by atoms with Gasteiger partial charge in [-0.15, -0.1) is 0 Å². The standard InChI is InChI=1S/C5H10I2O2/c1-4(3-8-7)9-5(2)6/h4-5H,3H2,1-2H3. The Kier molecular flexibility index (Phi) is 7.05. The molecule has 2 unspecified atom stereocenters. The van der Waals surface area contributed by atoms with Crippen LogP contribution in [0.25, 0.3) is 0 Å². The highest BCUT2D eigenvalue weighted by atomic mass is 127. The van der Waals surface area contributed by atoms with Gasteiger partial charge in [-0.25, -0.2) is 0 Å². The van der Waals surface area contributed by atoms with E-state index in [9.17, 15) is 0 Å². The lowest BCUT2D eigenvalue weighted by Crippen LogP contribution is -2.16. The number of rotatable bonds is 4. The van der Waals surface area contributed by atoms with Crippen LogP contribution in [0.2, 0.25) is 0 Å². The second kappa shape index (κ2) is 6.11. The second-order valence-corrected chi connectivity index (χ2v) is 4.14. The largest absolute Gasteiger partial charge is 0.363 e. The molecule has 0 rings (SSSR count). The van der Waals surface area contributed by atoms with Crippen molar-refractivity contribution < 1.29 is 7.80 Å². The quantitative estimate of drug-likeness (QED) is 0.570. The summed E-state index contributed by atoms with van der Waals surface area (Å²) in [4.78, 5) is 0. The topological polar surface area (TPSA) is 18.5 Å². The van der Waals surface area contributed by atoms with Crippen molar-refractivity contribution in [1.82, 2.24) is 0 Å². The van der Waals surface area contributed by atoms with Gasteiger partial charge in [0.05, 0.1) is 12.7 Å². The van der Waals surface area contributed by atoms with Crippen molar-refractivity contribution in [3.63, 3.8) is 0 Å². The smallest absolute Gasteiger partial charge is 0.109 e. The third-order valence-corrected chi connectivity index (χ3v) is 1.37. The van der Waals surface area contributed by atoms with E-state index in [4.69, 9.17) is 7.80 Å². The third kappa shape index (κ3) is 7.27. The van der Waals surface area contributed by atoms with E-state index >= 15 is 0 Å². The van der Waals surface area contributed by atoms with Crippen molar-refractivity contribution in [2.45, 2.75) is 24.1 Å². The summed E-state index contributed by atoms with van der Waals surface area (Å²) in [6.07, 6.45) is 0.203. The minimum absolute atomic E-state index is 0.203. The van der Waals surface area contributed by atoms with Gasteiger partial charge in [-0.2, -0.15) is 0 Å². The SMILES string of the molecule is CC(I)OC(C)COI. The predicted molar refractivity (Wildman–Crippen MR) is 54.0 cm³/mol. The highest BCUT2D eigenvalue weighted by molar-refractivity contribution is 14.1. The average molecular weight is 356 g/mol. The number of hydrogen-bond acceptors (Lipinski definition) is 2. The van der Waals surface area contributed by atoms with Crippen LogP contribution in [-0.4, -0.2) is 16.8 Å². The van der Waals surface area contributed by atoms with Crippen LogP contribution in [0.15, 0.2) is 0 Å². The summed E-state index contributed by atoms with van der Waals surface area (Å²) in [6.45, 7) is 4.66. The number of halogens is 2. The van der Waals surface area contributed by atoms with Crippen LogP contribution in [0.3, 0.4) is 0 Å². The van der Waals surface area contributed by atoms with E-state index in [0.717, 1.165) is 0 Å². The van der Waals surface area contributed by atoms with Crippen molar-refractivity contribution in [3.8, 4) is 0 Å². The first-order valence-corrected chi connectivity index (χ1v) is 4.82. The van der Waals surface area contributed by atoms with Gasteiger partial charge < -0.3 is 7.80 Å². The van der Waals surface area contributed by atoms with E-state index in [1.54, 1.807) is 0 Å². The molecule has 2 atom stereocenters. The van der Waals surface area contributed by atoms with Gasteiger partial charge in [0.15, 0.2) is 0 Å². The van der Waals surface area contributed by atoms with Crippen LogP contribution >= 0.6 is 45.6 Å². The summed E-state index contributed by atoms with van der Waals surface area (Å²) in [5.41, 5.74) is 0. The van der Waals surface area contributed by atoms with Crippen molar-refractivity contribution in [2.24, 2.45) is 0 Å². The summed E-state index contributed by atoms with van der Waals surface area (Å²) in [6, 6.07) is 0. The molecule has 0 radical (unpaired) electrons. The molecule has 4 heteroatoms. The van der Waals surface area contributed by atoms with Crippen LogP contribution in [-0.2, 0) is 7.80 Å². The molecule has 0 N–H and O–H groups in total. The first-order chi connectivity index (χ1) is 4.16. The molecule has 0 aliphatic carbocycles. The lowest BCUT2D eigenvalue weighted by atomic mass is 10.4. The maximum absolute atomic E-state index is 5.35. The van der Waals surface area contributed by atoms with Crippen molar-refractivity contribution in [2.75, 3.05) is 6.61 Å². The van der Waals surface area contributed by atoms with Gasteiger partial charge in [-0.3, -0.25) is 0 Å².